The van der Waals surface area contributed by atoms with Crippen LogP contribution in [0.5, 0.6) is 0 Å². The summed E-state index contributed by atoms with van der Waals surface area (Å²) >= 11 is 1.55. The van der Waals surface area contributed by atoms with Crippen LogP contribution in [0.15, 0.2) is 72.2 Å². The van der Waals surface area contributed by atoms with E-state index in [1.165, 1.54) is 10.8 Å². The minimum absolute atomic E-state index is 0.204. The van der Waals surface area contributed by atoms with Gasteiger partial charge in [-0.1, -0.05) is 65.4 Å². The van der Waals surface area contributed by atoms with Crippen molar-refractivity contribution in [2.75, 3.05) is 0 Å². The predicted octanol–water partition coefficient (Wildman–Crippen LogP) is 5.40. The van der Waals surface area contributed by atoms with Crippen LogP contribution in [0.4, 0.5) is 0 Å². The lowest BCUT2D eigenvalue weighted by molar-refractivity contribution is 0.0997. The molecule has 0 aliphatic carbocycles. The molecule has 0 atom stereocenters. The number of carbonyl (C=O) groups is 1. The van der Waals surface area contributed by atoms with Crippen LogP contribution >= 0.6 is 11.3 Å². The molecule has 0 fully saturated rings. The fourth-order valence-corrected chi connectivity index (χ4v) is 4.48. The van der Waals surface area contributed by atoms with Crippen molar-refractivity contribution in [1.82, 2.24) is 4.57 Å². The second-order valence-corrected chi connectivity index (χ2v) is 7.63. The Labute approximate surface area is 161 Å². The van der Waals surface area contributed by atoms with Gasteiger partial charge in [-0.05, 0) is 36.9 Å². The number of fused-ring (bicyclic) bond motifs is 3. The molecule has 1 amide bonds. The van der Waals surface area contributed by atoms with E-state index in [0.29, 0.717) is 16.9 Å². The van der Waals surface area contributed by atoms with E-state index in [1.807, 2.05) is 50.3 Å². The fourth-order valence-electron chi connectivity index (χ4n) is 3.30. The molecule has 3 nitrogen and oxygen atoms in total. The number of aryl methyl sites for hydroxylation is 2. The van der Waals surface area contributed by atoms with E-state index in [9.17, 15) is 4.79 Å². The quantitative estimate of drug-likeness (QED) is 0.443. The van der Waals surface area contributed by atoms with E-state index in [1.54, 1.807) is 11.3 Å². The molecule has 0 aliphatic rings. The summed E-state index contributed by atoms with van der Waals surface area (Å²) in [5, 5.41) is 2.36. The van der Waals surface area contributed by atoms with Crippen molar-refractivity contribution in [2.24, 2.45) is 4.99 Å². The number of nitrogens with zero attached hydrogens (tertiary/aromatic N) is 2. The number of allylic oxidation sites excluding steroid dienone is 1. The van der Waals surface area contributed by atoms with Crippen LogP contribution in [-0.2, 0) is 6.54 Å². The van der Waals surface area contributed by atoms with Crippen LogP contribution in [-0.4, -0.2) is 10.5 Å². The molecule has 0 saturated carbocycles. The normalized spacial score (nSPS) is 12.0. The third-order valence-corrected chi connectivity index (χ3v) is 5.83. The molecule has 0 bridgehead atoms. The number of hydrogen-bond donors (Lipinski definition) is 0. The smallest absolute Gasteiger partial charge is 0.279 e. The summed E-state index contributed by atoms with van der Waals surface area (Å²) in [5.41, 5.74) is 3.73. The first-order valence-corrected chi connectivity index (χ1v) is 9.68. The van der Waals surface area contributed by atoms with Crippen molar-refractivity contribution < 1.29 is 4.79 Å². The van der Waals surface area contributed by atoms with Gasteiger partial charge in [-0.25, -0.2) is 0 Å². The molecule has 3 aromatic carbocycles. The predicted molar refractivity (Wildman–Crippen MR) is 113 cm³/mol. The summed E-state index contributed by atoms with van der Waals surface area (Å²) in [5.74, 6) is -0.204. The van der Waals surface area contributed by atoms with E-state index in [4.69, 9.17) is 0 Å². The number of carbonyl (C=O) groups excluding carboxylic acids is 1. The van der Waals surface area contributed by atoms with Gasteiger partial charge in [-0.15, -0.1) is 6.58 Å². The van der Waals surface area contributed by atoms with Crippen LogP contribution in [0, 0.1) is 13.8 Å². The third kappa shape index (κ3) is 3.13. The van der Waals surface area contributed by atoms with E-state index in [0.717, 1.165) is 21.3 Å². The van der Waals surface area contributed by atoms with Crippen molar-refractivity contribution in [3.63, 3.8) is 0 Å². The highest BCUT2D eigenvalue weighted by atomic mass is 32.1. The molecule has 0 radical (unpaired) electrons. The maximum Gasteiger partial charge on any atom is 0.279 e. The summed E-state index contributed by atoms with van der Waals surface area (Å²) < 4.78 is 3.20. The molecule has 4 heteroatoms. The van der Waals surface area contributed by atoms with Gasteiger partial charge in [0.15, 0.2) is 4.80 Å². The lowest BCUT2D eigenvalue weighted by Crippen LogP contribution is -2.16. The van der Waals surface area contributed by atoms with Crippen molar-refractivity contribution in [1.29, 1.82) is 0 Å². The van der Waals surface area contributed by atoms with Gasteiger partial charge in [-0.3, -0.25) is 4.79 Å². The SMILES string of the molecule is C=CCn1c(=NC(=O)c2cc(C)ccc2C)sc2c3ccccc3ccc21. The standard InChI is InChI=1S/C23H20N2OS/c1-4-13-25-20-12-11-17-7-5-6-8-18(17)21(20)27-23(25)24-22(26)19-14-15(2)9-10-16(19)3/h4-12,14H,1,13H2,2-3H3. The maximum atomic E-state index is 12.9. The first-order valence-electron chi connectivity index (χ1n) is 8.87. The van der Waals surface area contributed by atoms with Gasteiger partial charge in [0.1, 0.15) is 0 Å². The van der Waals surface area contributed by atoms with Crippen molar-refractivity contribution >= 4 is 38.2 Å². The molecule has 1 aromatic heterocycles. The van der Waals surface area contributed by atoms with Gasteiger partial charge in [-0.2, -0.15) is 4.99 Å². The number of benzene rings is 3. The van der Waals surface area contributed by atoms with Crippen LogP contribution < -0.4 is 4.80 Å². The molecule has 0 saturated heterocycles. The Morgan fingerprint density at radius 1 is 1.15 bits per heavy atom. The van der Waals surface area contributed by atoms with Gasteiger partial charge < -0.3 is 4.57 Å². The van der Waals surface area contributed by atoms with Gasteiger partial charge in [0.2, 0.25) is 0 Å². The van der Waals surface area contributed by atoms with Crippen molar-refractivity contribution in [3.8, 4) is 0 Å². The number of thiazole rings is 1. The topological polar surface area (TPSA) is 34.4 Å². The largest absolute Gasteiger partial charge is 0.312 e. The number of hydrogen-bond acceptors (Lipinski definition) is 2. The highest BCUT2D eigenvalue weighted by Crippen LogP contribution is 2.27. The minimum atomic E-state index is -0.204. The zero-order valence-corrected chi connectivity index (χ0v) is 16.2. The first-order chi connectivity index (χ1) is 13.1. The summed E-state index contributed by atoms with van der Waals surface area (Å²) in [4.78, 5) is 18.1. The highest BCUT2D eigenvalue weighted by molar-refractivity contribution is 7.17. The Balaban J connectivity index is 1.97. The monoisotopic (exact) mass is 372 g/mol. The van der Waals surface area contributed by atoms with Gasteiger partial charge >= 0.3 is 0 Å². The second-order valence-electron chi connectivity index (χ2n) is 6.65. The van der Waals surface area contributed by atoms with Crippen LogP contribution in [0.25, 0.3) is 21.0 Å². The summed E-state index contributed by atoms with van der Waals surface area (Å²) in [6.07, 6.45) is 1.84. The molecule has 0 aliphatic heterocycles. The molecule has 27 heavy (non-hydrogen) atoms. The second kappa shape index (κ2) is 6.97. The Morgan fingerprint density at radius 3 is 2.78 bits per heavy atom. The lowest BCUT2D eigenvalue weighted by Gasteiger charge is -2.04. The van der Waals surface area contributed by atoms with Crippen molar-refractivity contribution in [3.05, 3.63) is 88.7 Å². The number of amides is 1. The van der Waals surface area contributed by atoms with Crippen LogP contribution in [0.1, 0.15) is 21.5 Å². The van der Waals surface area contributed by atoms with E-state index in [-0.39, 0.29) is 5.91 Å². The van der Waals surface area contributed by atoms with Gasteiger partial charge in [0.25, 0.3) is 5.91 Å². The number of aromatic nitrogens is 1. The summed E-state index contributed by atoms with van der Waals surface area (Å²) in [6.45, 7) is 8.40. The molecule has 4 aromatic rings. The van der Waals surface area contributed by atoms with Gasteiger partial charge in [0.05, 0.1) is 10.2 Å². The average Bonchev–Trinajstić information content (AvgIpc) is 3.01. The van der Waals surface area contributed by atoms with Crippen LogP contribution in [0.3, 0.4) is 0 Å². The zero-order valence-electron chi connectivity index (χ0n) is 15.4. The molecule has 0 unspecified atom stereocenters. The first kappa shape index (κ1) is 17.4. The average molecular weight is 372 g/mol. The van der Waals surface area contributed by atoms with E-state index in [2.05, 4.69) is 40.4 Å². The molecule has 4 rings (SSSR count). The van der Waals surface area contributed by atoms with E-state index < -0.39 is 0 Å². The molecular formula is C23H20N2OS. The van der Waals surface area contributed by atoms with Gasteiger partial charge in [0, 0.05) is 17.5 Å². The molecular weight excluding hydrogens is 352 g/mol. The maximum absolute atomic E-state index is 12.9. The van der Waals surface area contributed by atoms with Crippen LogP contribution in [0.2, 0.25) is 0 Å². The molecule has 0 N–H and O–H groups in total. The Morgan fingerprint density at radius 2 is 1.96 bits per heavy atom. The van der Waals surface area contributed by atoms with Crippen molar-refractivity contribution in [2.45, 2.75) is 20.4 Å². The molecule has 1 heterocycles. The van der Waals surface area contributed by atoms with E-state index >= 15 is 0 Å². The third-order valence-electron chi connectivity index (χ3n) is 4.71. The minimum Gasteiger partial charge on any atom is -0.312 e. The fraction of sp³-hybridized carbons (Fsp3) is 0.130. The Bertz CT molecular complexity index is 1260. The summed E-state index contributed by atoms with van der Waals surface area (Å²) in [6, 6.07) is 18.4. The molecule has 0 spiro atoms. The lowest BCUT2D eigenvalue weighted by atomic mass is 10.1. The molecule has 134 valence electrons. The highest BCUT2D eigenvalue weighted by Gasteiger charge is 2.12. The Kier molecular flexibility index (Phi) is 4.50. The zero-order chi connectivity index (χ0) is 19.0. The number of rotatable bonds is 3. The Hall–Kier alpha value is -2.98. The summed E-state index contributed by atoms with van der Waals surface area (Å²) in [7, 11) is 0.